The highest BCUT2D eigenvalue weighted by atomic mass is 35.5. The minimum atomic E-state index is -1.69. The number of Topliss-reactive ketones (excluding diaryl/α,β-unsaturated/α-hetero) is 3. The van der Waals surface area contributed by atoms with Crippen LogP contribution in [0.4, 0.5) is 4.79 Å². The molecule has 102 heavy (non-hydrogen) atoms. The van der Waals surface area contributed by atoms with Gasteiger partial charge in [-0.25, -0.2) is 4.79 Å². The van der Waals surface area contributed by atoms with E-state index in [0.29, 0.717) is 28.1 Å². The molecule has 0 spiro atoms. The molecule has 2 heterocycles. The summed E-state index contributed by atoms with van der Waals surface area (Å²) in [5.74, 6) is -12.7. The number of urea groups is 1. The van der Waals surface area contributed by atoms with E-state index in [1.807, 2.05) is 42.5 Å². The first-order chi connectivity index (χ1) is 48.6. The second-order valence-corrected chi connectivity index (χ2v) is 26.6. The maximum Gasteiger partial charge on any atom is 0.325 e. The maximum absolute atomic E-state index is 15.0. The molecule has 9 amide bonds. The number of pyridine rings is 1. The van der Waals surface area contributed by atoms with E-state index < -0.39 is 157 Å². The van der Waals surface area contributed by atoms with Gasteiger partial charge >= 0.3 is 12.0 Å². The van der Waals surface area contributed by atoms with E-state index in [2.05, 4.69) is 47.2 Å². The Bertz CT molecular complexity index is 3760. The molecule has 1 aliphatic heterocycles. The third-order valence-electron chi connectivity index (χ3n) is 17.5. The molecule has 0 radical (unpaired) electrons. The molecule has 1 fully saturated rings. The zero-order chi connectivity index (χ0) is 74.6. The first-order valence-corrected chi connectivity index (χ1v) is 34.4. The van der Waals surface area contributed by atoms with Gasteiger partial charge in [0.2, 0.25) is 41.4 Å². The quantitative estimate of drug-likeness (QED) is 0.0152. The number of likely N-dealkylation sites (tertiary alicyclic amines) is 1. The number of benzene rings is 4. The number of guanidine groups is 1. The number of hydrogen-bond donors (Lipinski definition) is 13. The number of nitrogens with two attached hydrogens (primary N) is 3. The number of carbonyl (C=O) groups excluding carboxylic acids is 11. The van der Waals surface area contributed by atoms with Crippen molar-refractivity contribution in [3.05, 3.63) is 143 Å². The van der Waals surface area contributed by atoms with Crippen molar-refractivity contribution in [3.8, 4) is 5.75 Å². The lowest BCUT2D eigenvalue weighted by Gasteiger charge is -2.30. The molecule has 10 atom stereocenters. The number of rotatable bonds is 41. The lowest BCUT2D eigenvalue weighted by molar-refractivity contribution is -0.145. The number of carboxylic acid groups (broad SMARTS) is 1. The molecule has 1 saturated heterocycles. The highest BCUT2D eigenvalue weighted by Crippen LogP contribution is 2.26. The number of hydrogen-bond acceptors (Lipinski definition) is 16. The summed E-state index contributed by atoms with van der Waals surface area (Å²) in [7, 11) is 0. The van der Waals surface area contributed by atoms with Crippen LogP contribution in [0.15, 0.2) is 121 Å². The predicted molar refractivity (Wildman–Crippen MR) is 380 cm³/mol. The Morgan fingerprint density at radius 2 is 1.17 bits per heavy atom. The summed E-state index contributed by atoms with van der Waals surface area (Å²) in [6.45, 7) is 5.28. The summed E-state index contributed by atoms with van der Waals surface area (Å²) in [6, 6.07) is 18.8. The lowest BCUT2D eigenvalue weighted by atomic mass is 9.87. The number of nitrogens with one attached hydrogen (secondary N) is 7. The number of phenols is 1. The van der Waals surface area contributed by atoms with Crippen molar-refractivity contribution in [2.24, 2.45) is 45.9 Å². The van der Waals surface area contributed by atoms with Gasteiger partial charge in [-0.15, -0.1) is 0 Å². The Morgan fingerprint density at radius 3 is 1.78 bits per heavy atom. The first-order valence-electron chi connectivity index (χ1n) is 34.1. The molecule has 16 N–H and O–H groups in total. The van der Waals surface area contributed by atoms with Crippen LogP contribution in [0, 0.1) is 23.7 Å². The Hall–Kier alpha value is -10.3. The molecular weight excluding hydrogens is 1330 g/mol. The molecular formula is C73H94ClN13O15. The van der Waals surface area contributed by atoms with E-state index in [9.17, 15) is 72.9 Å². The van der Waals surface area contributed by atoms with Gasteiger partial charge in [-0.2, -0.15) is 0 Å². The number of halogens is 1. The van der Waals surface area contributed by atoms with Gasteiger partial charge in [0.25, 0.3) is 0 Å². The van der Waals surface area contributed by atoms with E-state index in [1.54, 1.807) is 50.2 Å². The van der Waals surface area contributed by atoms with Crippen molar-refractivity contribution in [3.63, 3.8) is 0 Å². The highest BCUT2D eigenvalue weighted by Gasteiger charge is 2.41. The zero-order valence-corrected chi connectivity index (χ0v) is 58.5. The van der Waals surface area contributed by atoms with Crippen molar-refractivity contribution in [1.29, 1.82) is 0 Å². The SMILES string of the molecule is CC(=O)N[C@H](Cc1ccc2ccccc2c1)C(=O)N[C@H](Cc1ccc(Cl)cc1)C(=O)C[C@H](Cc1cccnc1)C(=O)N[C@@H](CO)C(=O)C[C@@H](Cc1ccc(O)cc1)C(=O)N[C@H](CCCNC(N)=O)C(=O)C[C@@H](CC(C)C)C(=O)N[C@@H](CCCN=C(N)N)C(=O)N1CCCC1C(=O)N[C@H](C)C(=O)O. The van der Waals surface area contributed by atoms with Crippen LogP contribution in [-0.2, 0) is 78.4 Å². The van der Waals surface area contributed by atoms with Crippen LogP contribution in [0.2, 0.25) is 5.02 Å². The lowest BCUT2D eigenvalue weighted by Crippen LogP contribution is -2.55. The molecule has 29 heteroatoms. The van der Waals surface area contributed by atoms with E-state index >= 15 is 0 Å². The number of ketones is 3. The average molecular weight is 1430 g/mol. The van der Waals surface area contributed by atoms with Crippen LogP contribution in [-0.4, -0.2) is 170 Å². The van der Waals surface area contributed by atoms with Crippen molar-refractivity contribution < 1.29 is 72.9 Å². The third-order valence-corrected chi connectivity index (χ3v) is 17.8. The molecule has 6 rings (SSSR count). The molecule has 0 saturated carbocycles. The van der Waals surface area contributed by atoms with Crippen molar-refractivity contribution >= 4 is 99.0 Å². The van der Waals surface area contributed by atoms with Gasteiger partial charge in [-0.3, -0.25) is 62.7 Å². The van der Waals surface area contributed by atoms with Gasteiger partial charge in [0, 0.05) is 87.4 Å². The number of aliphatic hydroxyl groups is 1. The molecule has 1 unspecified atom stereocenters. The fraction of sp³-hybridized carbons (Fsp3) is 0.452. The molecule has 4 aromatic carbocycles. The molecule has 0 bridgehead atoms. The Balaban J connectivity index is 1.26. The van der Waals surface area contributed by atoms with E-state index in [4.69, 9.17) is 28.8 Å². The summed E-state index contributed by atoms with van der Waals surface area (Å²) < 4.78 is 0. The number of carbonyl (C=O) groups is 12. The Labute approximate surface area is 596 Å². The number of aliphatic hydroxyl groups excluding tert-OH is 1. The number of carboxylic acids is 1. The average Bonchev–Trinajstić information content (AvgIpc) is 1.13. The number of aliphatic carboxylic acids is 1. The van der Waals surface area contributed by atoms with Crippen molar-refractivity contribution in [2.75, 3.05) is 26.2 Å². The molecule has 0 aliphatic carbocycles. The smallest absolute Gasteiger partial charge is 0.325 e. The summed E-state index contributed by atoms with van der Waals surface area (Å²) in [6.07, 6.45) is 1.71. The Kier molecular flexibility index (Phi) is 31.8. The van der Waals surface area contributed by atoms with Crippen LogP contribution in [0.25, 0.3) is 10.8 Å². The fourth-order valence-electron chi connectivity index (χ4n) is 12.2. The molecule has 548 valence electrons. The Morgan fingerprint density at radius 1 is 0.608 bits per heavy atom. The number of aromatic nitrogens is 1. The number of aliphatic imine (C=N–C) groups is 1. The maximum atomic E-state index is 15.0. The summed E-state index contributed by atoms with van der Waals surface area (Å²) in [4.78, 5) is 177. The summed E-state index contributed by atoms with van der Waals surface area (Å²) >= 11 is 6.24. The van der Waals surface area contributed by atoms with E-state index in [0.717, 1.165) is 16.3 Å². The second kappa shape index (κ2) is 40.2. The standard InChI is InChI=1S/C73H94ClN13O15/c1-42(2)31-51(65(94)84-57(15-9-28-79-72(75)76)70(99)87-30-10-16-61(87)69(98)81-43(3)71(100)101)37-62(91)56(14-8-29-80-73(77)102)83-66(95)52(32-45-20-25-55(90)26-21-45)39-64(93)60(41-88)86-67(96)53(34-48-11-7-27-78-40-48)38-63(92)58(35-46-18-23-54(74)24-19-46)85-68(97)59(82-44(4)89)36-47-17-22-49-12-5-6-13-50(49)33-47/h5-7,11-13,17-27,33,40,42-43,51-53,56-61,88,90H,8-10,14-16,28-32,34-39,41H2,1-4H3,(H,81,98)(H,82,89)(H,83,95)(H,84,94)(H,85,97)(H,86,96)(H,100,101)(H4,75,76,79)(H3,77,80,102)/t43-,51-,52-,53+,56-,57+,58-,59-,60+,61?/m1/s1. The number of nitrogens with zero attached hydrogens (tertiary/aromatic N) is 3. The number of phenolic OH excluding ortho intramolecular Hbond substituents is 1. The number of aromatic hydroxyl groups is 1. The topological polar surface area (TPSA) is 456 Å². The number of primary amides is 1. The van der Waals surface area contributed by atoms with Crippen LogP contribution in [0.1, 0.15) is 114 Å². The van der Waals surface area contributed by atoms with Crippen molar-refractivity contribution in [1.82, 2.24) is 47.1 Å². The van der Waals surface area contributed by atoms with Gasteiger partial charge in [0.1, 0.15) is 36.0 Å². The van der Waals surface area contributed by atoms with Gasteiger partial charge in [0.05, 0.1) is 18.7 Å². The van der Waals surface area contributed by atoms with Crippen LogP contribution < -0.4 is 54.4 Å². The molecule has 1 aromatic heterocycles. The number of fused-ring (bicyclic) bond motifs is 1. The first kappa shape index (κ1) is 80.6. The second-order valence-electron chi connectivity index (χ2n) is 26.2. The van der Waals surface area contributed by atoms with Gasteiger partial charge in [-0.1, -0.05) is 98.2 Å². The number of amides is 9. The third kappa shape index (κ3) is 26.3. The van der Waals surface area contributed by atoms with E-state index in [1.165, 1.54) is 55.4 Å². The highest BCUT2D eigenvalue weighted by molar-refractivity contribution is 6.30. The minimum Gasteiger partial charge on any atom is -0.508 e. The van der Waals surface area contributed by atoms with Gasteiger partial charge in [0.15, 0.2) is 23.3 Å². The molecule has 28 nitrogen and oxygen atoms in total. The monoisotopic (exact) mass is 1430 g/mol. The normalized spacial score (nSPS) is 15.3. The van der Waals surface area contributed by atoms with Crippen LogP contribution in [0.3, 0.4) is 0 Å². The predicted octanol–water partition coefficient (Wildman–Crippen LogP) is 3.16. The van der Waals surface area contributed by atoms with E-state index in [-0.39, 0.29) is 101 Å². The van der Waals surface area contributed by atoms with Crippen LogP contribution in [0.5, 0.6) is 5.75 Å². The largest absolute Gasteiger partial charge is 0.508 e. The van der Waals surface area contributed by atoms with Crippen molar-refractivity contribution in [2.45, 2.75) is 160 Å². The molecule has 5 aromatic rings. The minimum absolute atomic E-state index is 0.0234. The van der Waals surface area contributed by atoms with Gasteiger partial charge in [-0.05, 0) is 140 Å². The molecule has 1 aliphatic rings. The fourth-order valence-corrected chi connectivity index (χ4v) is 12.4. The zero-order valence-electron chi connectivity index (χ0n) is 57.7. The summed E-state index contributed by atoms with van der Waals surface area (Å²) in [5, 5.41) is 51.5. The summed E-state index contributed by atoms with van der Waals surface area (Å²) in [5.41, 5.74) is 18.7. The van der Waals surface area contributed by atoms with Gasteiger partial charge < -0.3 is 74.6 Å². The van der Waals surface area contributed by atoms with Crippen LogP contribution >= 0.6 is 11.6 Å².